The van der Waals surface area contributed by atoms with E-state index in [-0.39, 0.29) is 17.7 Å². The van der Waals surface area contributed by atoms with Crippen molar-refractivity contribution in [3.05, 3.63) is 35.9 Å². The minimum Gasteiger partial charge on any atom is -0.354 e. The van der Waals surface area contributed by atoms with Crippen LogP contribution in [0.3, 0.4) is 0 Å². The minimum absolute atomic E-state index is 0.0995. The second-order valence-corrected chi connectivity index (χ2v) is 5.25. The molecule has 0 radical (unpaired) electrons. The summed E-state index contributed by atoms with van der Waals surface area (Å²) in [5.41, 5.74) is 0.645. The summed E-state index contributed by atoms with van der Waals surface area (Å²) in [6.45, 7) is 0.958. The molecule has 1 aromatic rings. The first-order valence-corrected chi connectivity index (χ1v) is 7.38. The van der Waals surface area contributed by atoms with Gasteiger partial charge in [0.15, 0.2) is 0 Å². The molecule has 2 rings (SSSR count). The van der Waals surface area contributed by atoms with Crippen molar-refractivity contribution in [2.75, 3.05) is 13.1 Å². The van der Waals surface area contributed by atoms with Gasteiger partial charge in [-0.25, -0.2) is 0 Å². The first-order valence-electron chi connectivity index (χ1n) is 7.38. The third kappa shape index (κ3) is 4.37. The number of hydrogen-bond donors (Lipinski definition) is 2. The van der Waals surface area contributed by atoms with Crippen molar-refractivity contribution < 1.29 is 9.59 Å². The van der Waals surface area contributed by atoms with E-state index in [2.05, 4.69) is 10.6 Å². The fraction of sp³-hybridized carbons (Fsp3) is 0.500. The van der Waals surface area contributed by atoms with Crippen LogP contribution in [0.4, 0.5) is 0 Å². The summed E-state index contributed by atoms with van der Waals surface area (Å²) in [6, 6.07) is 9.09. The Bertz CT molecular complexity index is 439. The molecule has 1 aromatic carbocycles. The van der Waals surface area contributed by atoms with E-state index in [0.717, 1.165) is 25.7 Å². The molecule has 0 saturated heterocycles. The minimum atomic E-state index is -0.0995. The Morgan fingerprint density at radius 3 is 2.30 bits per heavy atom. The van der Waals surface area contributed by atoms with E-state index in [4.69, 9.17) is 0 Å². The Balaban J connectivity index is 1.64. The van der Waals surface area contributed by atoms with Gasteiger partial charge in [0.2, 0.25) is 5.91 Å². The highest BCUT2D eigenvalue weighted by atomic mass is 16.2. The molecule has 20 heavy (non-hydrogen) atoms. The molecular formula is C16H22N2O2. The molecule has 0 bridgehead atoms. The standard InChI is InChI=1S/C16H22N2O2/c19-15(13-7-3-1-4-8-13)17-11-12-18-16(20)14-9-5-2-6-10-14/h1,3-4,7-8,14H,2,5-6,9-12H2,(H,17,19)(H,18,20). The van der Waals surface area contributed by atoms with Crippen LogP contribution in [-0.4, -0.2) is 24.9 Å². The van der Waals surface area contributed by atoms with Crippen LogP contribution in [0, 0.1) is 5.92 Å². The van der Waals surface area contributed by atoms with Crippen LogP contribution in [0.15, 0.2) is 30.3 Å². The van der Waals surface area contributed by atoms with Crippen molar-refractivity contribution >= 4 is 11.8 Å². The Hall–Kier alpha value is -1.84. The van der Waals surface area contributed by atoms with Crippen molar-refractivity contribution in [2.45, 2.75) is 32.1 Å². The summed E-state index contributed by atoms with van der Waals surface area (Å²) in [5.74, 6) is 0.213. The second-order valence-electron chi connectivity index (χ2n) is 5.25. The molecule has 0 aromatic heterocycles. The van der Waals surface area contributed by atoms with Gasteiger partial charge in [-0.1, -0.05) is 37.5 Å². The van der Waals surface area contributed by atoms with E-state index in [0.29, 0.717) is 18.7 Å². The van der Waals surface area contributed by atoms with Gasteiger partial charge in [-0.15, -0.1) is 0 Å². The van der Waals surface area contributed by atoms with Crippen molar-refractivity contribution in [3.8, 4) is 0 Å². The molecule has 0 spiro atoms. The van der Waals surface area contributed by atoms with Crippen molar-refractivity contribution in [1.82, 2.24) is 10.6 Å². The molecule has 1 saturated carbocycles. The van der Waals surface area contributed by atoms with Gasteiger partial charge in [0, 0.05) is 24.6 Å². The van der Waals surface area contributed by atoms with Crippen LogP contribution in [0.2, 0.25) is 0 Å². The van der Waals surface area contributed by atoms with Crippen LogP contribution >= 0.6 is 0 Å². The van der Waals surface area contributed by atoms with Crippen LogP contribution in [0.25, 0.3) is 0 Å². The topological polar surface area (TPSA) is 58.2 Å². The summed E-state index contributed by atoms with van der Waals surface area (Å²) in [5, 5.41) is 5.71. The summed E-state index contributed by atoms with van der Waals surface area (Å²) in [6.07, 6.45) is 5.56. The van der Waals surface area contributed by atoms with Crippen LogP contribution in [0.5, 0.6) is 0 Å². The molecule has 2 N–H and O–H groups in total. The lowest BCUT2D eigenvalue weighted by Gasteiger charge is -2.20. The highest BCUT2D eigenvalue weighted by molar-refractivity contribution is 5.94. The molecule has 0 aliphatic heterocycles. The predicted octanol–water partition coefficient (Wildman–Crippen LogP) is 2.11. The van der Waals surface area contributed by atoms with E-state index in [1.54, 1.807) is 12.1 Å². The number of benzene rings is 1. The zero-order valence-electron chi connectivity index (χ0n) is 11.7. The van der Waals surface area contributed by atoms with Crippen molar-refractivity contribution in [1.29, 1.82) is 0 Å². The highest BCUT2D eigenvalue weighted by Crippen LogP contribution is 2.23. The van der Waals surface area contributed by atoms with E-state index in [1.807, 2.05) is 18.2 Å². The van der Waals surface area contributed by atoms with Gasteiger partial charge < -0.3 is 10.6 Å². The van der Waals surface area contributed by atoms with E-state index in [9.17, 15) is 9.59 Å². The monoisotopic (exact) mass is 274 g/mol. The van der Waals surface area contributed by atoms with Gasteiger partial charge in [-0.05, 0) is 25.0 Å². The molecule has 0 unspecified atom stereocenters. The number of hydrogen-bond acceptors (Lipinski definition) is 2. The SMILES string of the molecule is O=C(NCCNC(=O)C1CCCCC1)c1ccccc1. The van der Waals surface area contributed by atoms with Crippen molar-refractivity contribution in [3.63, 3.8) is 0 Å². The lowest BCUT2D eigenvalue weighted by molar-refractivity contribution is -0.125. The lowest BCUT2D eigenvalue weighted by atomic mass is 9.89. The molecule has 0 atom stereocenters. The largest absolute Gasteiger partial charge is 0.354 e. The number of nitrogens with one attached hydrogen (secondary N) is 2. The predicted molar refractivity (Wildman–Crippen MR) is 78.4 cm³/mol. The third-order valence-corrected chi connectivity index (χ3v) is 3.72. The van der Waals surface area contributed by atoms with Gasteiger partial charge in [-0.2, -0.15) is 0 Å². The fourth-order valence-corrected chi connectivity index (χ4v) is 2.56. The number of amides is 2. The molecule has 2 amide bonds. The molecular weight excluding hydrogens is 252 g/mol. The van der Waals surface area contributed by atoms with Gasteiger partial charge in [0.1, 0.15) is 0 Å². The normalized spacial score (nSPS) is 15.6. The highest BCUT2D eigenvalue weighted by Gasteiger charge is 2.20. The Kier molecular flexibility index (Phi) is 5.59. The third-order valence-electron chi connectivity index (χ3n) is 3.72. The maximum atomic E-state index is 11.9. The zero-order chi connectivity index (χ0) is 14.2. The summed E-state index contributed by atoms with van der Waals surface area (Å²) in [7, 11) is 0. The van der Waals surface area contributed by atoms with Gasteiger partial charge in [0.25, 0.3) is 5.91 Å². The summed E-state index contributed by atoms with van der Waals surface area (Å²) in [4.78, 5) is 23.7. The molecule has 1 aliphatic carbocycles. The fourth-order valence-electron chi connectivity index (χ4n) is 2.56. The maximum absolute atomic E-state index is 11.9. The Morgan fingerprint density at radius 2 is 1.60 bits per heavy atom. The van der Waals surface area contributed by atoms with Crippen LogP contribution in [0.1, 0.15) is 42.5 Å². The van der Waals surface area contributed by atoms with Gasteiger partial charge in [-0.3, -0.25) is 9.59 Å². The van der Waals surface area contributed by atoms with E-state index >= 15 is 0 Å². The quantitative estimate of drug-likeness (QED) is 0.808. The molecule has 4 heteroatoms. The molecule has 1 fully saturated rings. The van der Waals surface area contributed by atoms with E-state index in [1.165, 1.54) is 6.42 Å². The Morgan fingerprint density at radius 1 is 0.950 bits per heavy atom. The second kappa shape index (κ2) is 7.68. The number of carbonyl (C=O) groups is 2. The molecule has 1 aliphatic rings. The molecule has 108 valence electrons. The average molecular weight is 274 g/mol. The first-order chi connectivity index (χ1) is 9.77. The summed E-state index contributed by atoms with van der Waals surface area (Å²) >= 11 is 0. The van der Waals surface area contributed by atoms with Crippen molar-refractivity contribution in [2.24, 2.45) is 5.92 Å². The average Bonchev–Trinajstić information content (AvgIpc) is 2.53. The van der Waals surface area contributed by atoms with Crippen LogP contribution in [-0.2, 0) is 4.79 Å². The number of rotatable bonds is 5. The lowest BCUT2D eigenvalue weighted by Crippen LogP contribution is -2.38. The molecule has 0 heterocycles. The Labute approximate surface area is 119 Å². The van der Waals surface area contributed by atoms with Gasteiger partial charge >= 0.3 is 0 Å². The van der Waals surface area contributed by atoms with Gasteiger partial charge in [0.05, 0.1) is 0 Å². The van der Waals surface area contributed by atoms with E-state index < -0.39 is 0 Å². The summed E-state index contributed by atoms with van der Waals surface area (Å²) < 4.78 is 0. The van der Waals surface area contributed by atoms with Crippen LogP contribution < -0.4 is 10.6 Å². The zero-order valence-corrected chi connectivity index (χ0v) is 11.7. The molecule has 4 nitrogen and oxygen atoms in total. The maximum Gasteiger partial charge on any atom is 0.251 e. The smallest absolute Gasteiger partial charge is 0.251 e. The first kappa shape index (κ1) is 14.6. The number of carbonyl (C=O) groups excluding carboxylic acids is 2.